The molecule has 2 aliphatic heterocycles. The predicted octanol–water partition coefficient (Wildman–Crippen LogP) is 0.927. The van der Waals surface area contributed by atoms with Crippen molar-refractivity contribution >= 4 is 11.8 Å². The summed E-state index contributed by atoms with van der Waals surface area (Å²) in [6.45, 7) is 7.45. The van der Waals surface area contributed by atoms with Crippen molar-refractivity contribution in [3.63, 3.8) is 0 Å². The van der Waals surface area contributed by atoms with Gasteiger partial charge in [-0.2, -0.15) is 0 Å². The van der Waals surface area contributed by atoms with Gasteiger partial charge in [0.05, 0.1) is 12.5 Å². The highest BCUT2D eigenvalue weighted by Crippen LogP contribution is 2.22. The van der Waals surface area contributed by atoms with Gasteiger partial charge in [0.2, 0.25) is 11.8 Å². The number of carbonyl (C=O) groups excluding carboxylic acids is 2. The molecule has 2 aliphatic rings. The molecule has 2 saturated heterocycles. The Bertz CT molecular complexity index is 351. The zero-order valence-corrected chi connectivity index (χ0v) is 12.0. The second kappa shape index (κ2) is 6.01. The molecule has 19 heavy (non-hydrogen) atoms. The summed E-state index contributed by atoms with van der Waals surface area (Å²) in [4.78, 5) is 25.4. The van der Waals surface area contributed by atoms with Crippen LogP contribution >= 0.6 is 0 Å². The average Bonchev–Trinajstić information content (AvgIpc) is 2.65. The number of likely N-dealkylation sites (tertiary alicyclic amines) is 1. The van der Waals surface area contributed by atoms with Crippen LogP contribution in [0.4, 0.5) is 0 Å². The molecule has 2 atom stereocenters. The SMILES string of the molecule is CC(NC1CC(=O)N(C(C)C)C1=O)C1CCOCC1. The van der Waals surface area contributed by atoms with Crippen LogP contribution in [-0.4, -0.2) is 48.1 Å². The van der Waals surface area contributed by atoms with Gasteiger partial charge in [0.1, 0.15) is 0 Å². The Morgan fingerprint density at radius 1 is 1.21 bits per heavy atom. The maximum absolute atomic E-state index is 12.2. The number of imide groups is 1. The lowest BCUT2D eigenvalue weighted by atomic mass is 9.92. The van der Waals surface area contributed by atoms with Gasteiger partial charge in [-0.05, 0) is 39.5 Å². The summed E-state index contributed by atoms with van der Waals surface area (Å²) >= 11 is 0. The summed E-state index contributed by atoms with van der Waals surface area (Å²) in [5, 5.41) is 3.35. The summed E-state index contributed by atoms with van der Waals surface area (Å²) in [5.74, 6) is 0.403. The van der Waals surface area contributed by atoms with Gasteiger partial charge in [0.15, 0.2) is 0 Å². The molecule has 2 rings (SSSR count). The van der Waals surface area contributed by atoms with Gasteiger partial charge in [-0.15, -0.1) is 0 Å². The molecule has 2 amide bonds. The summed E-state index contributed by atoms with van der Waals surface area (Å²) in [6, 6.07) is -0.143. The highest BCUT2D eigenvalue weighted by atomic mass is 16.5. The minimum Gasteiger partial charge on any atom is -0.381 e. The van der Waals surface area contributed by atoms with Crippen LogP contribution in [0.3, 0.4) is 0 Å². The smallest absolute Gasteiger partial charge is 0.247 e. The molecule has 5 heteroatoms. The molecule has 0 aromatic carbocycles. The van der Waals surface area contributed by atoms with E-state index in [2.05, 4.69) is 12.2 Å². The normalized spacial score (nSPS) is 27.4. The van der Waals surface area contributed by atoms with Crippen LogP contribution in [0.2, 0.25) is 0 Å². The molecule has 0 aliphatic carbocycles. The lowest BCUT2D eigenvalue weighted by molar-refractivity contribution is -0.140. The van der Waals surface area contributed by atoms with E-state index in [9.17, 15) is 9.59 Å². The van der Waals surface area contributed by atoms with Gasteiger partial charge in [0, 0.05) is 25.3 Å². The van der Waals surface area contributed by atoms with Crippen LogP contribution in [0.15, 0.2) is 0 Å². The van der Waals surface area contributed by atoms with Gasteiger partial charge in [-0.3, -0.25) is 14.5 Å². The van der Waals surface area contributed by atoms with Crippen molar-refractivity contribution in [3.05, 3.63) is 0 Å². The van der Waals surface area contributed by atoms with Gasteiger partial charge in [-0.25, -0.2) is 0 Å². The van der Waals surface area contributed by atoms with Gasteiger partial charge < -0.3 is 10.1 Å². The number of ether oxygens (including phenoxy) is 1. The molecule has 0 saturated carbocycles. The van der Waals surface area contributed by atoms with Crippen LogP contribution in [0.25, 0.3) is 0 Å². The predicted molar refractivity (Wildman–Crippen MR) is 71.5 cm³/mol. The summed E-state index contributed by atoms with van der Waals surface area (Å²) in [7, 11) is 0. The standard InChI is InChI=1S/C14H24N2O3/c1-9(2)16-13(17)8-12(14(16)18)15-10(3)11-4-6-19-7-5-11/h9-12,15H,4-8H2,1-3H3. The maximum Gasteiger partial charge on any atom is 0.247 e. The second-order valence-corrected chi connectivity index (χ2v) is 5.86. The third-order valence-electron chi connectivity index (χ3n) is 4.14. The minimum absolute atomic E-state index is 0.0508. The van der Waals surface area contributed by atoms with Crippen LogP contribution in [0, 0.1) is 5.92 Å². The molecule has 2 heterocycles. The fourth-order valence-corrected chi connectivity index (χ4v) is 2.99. The lowest BCUT2D eigenvalue weighted by Crippen LogP contribution is -2.47. The first-order valence-corrected chi connectivity index (χ1v) is 7.20. The Hall–Kier alpha value is -0.940. The van der Waals surface area contributed by atoms with Crippen molar-refractivity contribution in [2.24, 2.45) is 5.92 Å². The Labute approximate surface area is 114 Å². The van der Waals surface area contributed by atoms with Crippen molar-refractivity contribution in [1.82, 2.24) is 10.2 Å². The number of amides is 2. The molecule has 0 aromatic rings. The number of hydrogen-bond acceptors (Lipinski definition) is 4. The van der Waals surface area contributed by atoms with Gasteiger partial charge in [-0.1, -0.05) is 0 Å². The number of hydrogen-bond donors (Lipinski definition) is 1. The van der Waals surface area contributed by atoms with E-state index >= 15 is 0 Å². The van der Waals surface area contributed by atoms with Crippen molar-refractivity contribution in [3.8, 4) is 0 Å². The van der Waals surface area contributed by atoms with E-state index in [4.69, 9.17) is 4.74 Å². The largest absolute Gasteiger partial charge is 0.381 e. The molecule has 2 fully saturated rings. The first-order valence-electron chi connectivity index (χ1n) is 7.20. The van der Waals surface area contributed by atoms with E-state index < -0.39 is 0 Å². The molecule has 1 N–H and O–H groups in total. The van der Waals surface area contributed by atoms with Crippen LogP contribution in [0.1, 0.15) is 40.0 Å². The van der Waals surface area contributed by atoms with Crippen LogP contribution in [0.5, 0.6) is 0 Å². The Morgan fingerprint density at radius 2 is 1.84 bits per heavy atom. The molecule has 108 valence electrons. The summed E-state index contributed by atoms with van der Waals surface area (Å²) in [6.07, 6.45) is 2.35. The quantitative estimate of drug-likeness (QED) is 0.771. The number of nitrogens with zero attached hydrogens (tertiary/aromatic N) is 1. The van der Waals surface area contributed by atoms with Crippen LogP contribution < -0.4 is 5.32 Å². The van der Waals surface area contributed by atoms with Crippen molar-refractivity contribution in [2.75, 3.05) is 13.2 Å². The van der Waals surface area contributed by atoms with Crippen LogP contribution in [-0.2, 0) is 14.3 Å². The highest BCUT2D eigenvalue weighted by molar-refractivity contribution is 6.05. The molecular weight excluding hydrogens is 244 g/mol. The molecule has 5 nitrogen and oxygen atoms in total. The van der Waals surface area contributed by atoms with E-state index in [1.165, 1.54) is 4.90 Å². The van der Waals surface area contributed by atoms with E-state index in [0.717, 1.165) is 26.1 Å². The summed E-state index contributed by atoms with van der Waals surface area (Å²) in [5.41, 5.74) is 0. The highest BCUT2D eigenvalue weighted by Gasteiger charge is 2.40. The topological polar surface area (TPSA) is 58.6 Å². The van der Waals surface area contributed by atoms with Crippen molar-refractivity contribution < 1.29 is 14.3 Å². The van der Waals surface area contributed by atoms with Crippen molar-refractivity contribution in [2.45, 2.75) is 58.2 Å². The first kappa shape index (κ1) is 14.5. The van der Waals surface area contributed by atoms with E-state index in [-0.39, 0.29) is 29.9 Å². The summed E-state index contributed by atoms with van der Waals surface area (Å²) < 4.78 is 5.35. The average molecular weight is 268 g/mol. The number of nitrogens with one attached hydrogen (secondary N) is 1. The third-order valence-corrected chi connectivity index (χ3v) is 4.14. The zero-order chi connectivity index (χ0) is 14.0. The Morgan fingerprint density at radius 3 is 2.37 bits per heavy atom. The molecule has 0 spiro atoms. The molecule has 0 bridgehead atoms. The second-order valence-electron chi connectivity index (χ2n) is 5.86. The Kier molecular flexibility index (Phi) is 4.58. The van der Waals surface area contributed by atoms with Gasteiger partial charge in [0.25, 0.3) is 0 Å². The Balaban J connectivity index is 1.92. The van der Waals surface area contributed by atoms with E-state index in [1.807, 2.05) is 13.8 Å². The third kappa shape index (κ3) is 3.15. The lowest BCUT2D eigenvalue weighted by Gasteiger charge is -2.30. The fraction of sp³-hybridized carbons (Fsp3) is 0.857. The number of rotatable bonds is 4. The van der Waals surface area contributed by atoms with Gasteiger partial charge >= 0.3 is 0 Å². The maximum atomic E-state index is 12.2. The van der Waals surface area contributed by atoms with E-state index in [0.29, 0.717) is 12.3 Å². The fourth-order valence-electron chi connectivity index (χ4n) is 2.99. The number of carbonyl (C=O) groups is 2. The minimum atomic E-state index is -0.340. The first-order chi connectivity index (χ1) is 9.00. The molecular formula is C14H24N2O3. The van der Waals surface area contributed by atoms with E-state index in [1.54, 1.807) is 0 Å². The monoisotopic (exact) mass is 268 g/mol. The zero-order valence-electron chi connectivity index (χ0n) is 12.0. The molecule has 0 aromatic heterocycles. The van der Waals surface area contributed by atoms with Crippen molar-refractivity contribution in [1.29, 1.82) is 0 Å². The molecule has 2 unspecified atom stereocenters. The molecule has 0 radical (unpaired) electrons.